The molecule has 3 heterocycles. The number of aromatic nitrogens is 4. The number of hydrogen-bond acceptors (Lipinski definition) is 6. The summed E-state index contributed by atoms with van der Waals surface area (Å²) in [6.07, 6.45) is -4.43. The highest BCUT2D eigenvalue weighted by Crippen LogP contribution is 2.41. The molecule has 1 fully saturated rings. The SMILES string of the molecule is CCN(C(=O)NC1CC(CC(F)(F)F)C1)[C@@H](c1cc(-c2cn3ccnc3c(OC)n2)c(OC)cn1)C(F)(F)F. The zero-order valence-corrected chi connectivity index (χ0v) is 21.2. The fraction of sp³-hybridized carbons (Fsp3) is 0.500. The number of carbonyl (C=O) groups is 1. The van der Waals surface area contributed by atoms with E-state index in [1.54, 1.807) is 10.6 Å². The smallest absolute Gasteiger partial charge is 0.414 e. The third-order valence-electron chi connectivity index (χ3n) is 6.51. The summed E-state index contributed by atoms with van der Waals surface area (Å²) in [5.74, 6) is -0.414. The van der Waals surface area contributed by atoms with Crippen LogP contribution in [0.1, 0.15) is 37.9 Å². The molecule has 3 aromatic rings. The molecule has 2 amide bonds. The minimum absolute atomic E-state index is 0.0364. The predicted octanol–water partition coefficient (Wildman–Crippen LogP) is 5.17. The highest BCUT2D eigenvalue weighted by molar-refractivity contribution is 5.76. The quantitative estimate of drug-likeness (QED) is 0.382. The Morgan fingerprint density at radius 2 is 1.90 bits per heavy atom. The number of nitrogens with one attached hydrogen (secondary N) is 1. The first-order valence-corrected chi connectivity index (χ1v) is 12.0. The maximum Gasteiger partial charge on any atom is 0.414 e. The van der Waals surface area contributed by atoms with Gasteiger partial charge in [-0.05, 0) is 31.7 Å². The van der Waals surface area contributed by atoms with E-state index >= 15 is 0 Å². The van der Waals surface area contributed by atoms with Crippen LogP contribution in [0.4, 0.5) is 31.1 Å². The minimum atomic E-state index is -4.93. The molecular formula is C24H26F6N6O3. The van der Waals surface area contributed by atoms with E-state index in [4.69, 9.17) is 9.47 Å². The second kappa shape index (κ2) is 10.8. The Hall–Kier alpha value is -3.78. The number of urea groups is 1. The first kappa shape index (κ1) is 28.2. The lowest BCUT2D eigenvalue weighted by molar-refractivity contribution is -0.179. The zero-order chi connectivity index (χ0) is 28.5. The van der Waals surface area contributed by atoms with Crippen LogP contribution in [0.25, 0.3) is 16.9 Å². The highest BCUT2D eigenvalue weighted by atomic mass is 19.4. The number of rotatable bonds is 8. The Morgan fingerprint density at radius 1 is 1.18 bits per heavy atom. The van der Waals surface area contributed by atoms with Gasteiger partial charge in [-0.15, -0.1) is 0 Å². The van der Waals surface area contributed by atoms with Crippen LogP contribution in [-0.2, 0) is 0 Å². The summed E-state index contributed by atoms with van der Waals surface area (Å²) in [5.41, 5.74) is 0.267. The molecule has 39 heavy (non-hydrogen) atoms. The second-order valence-corrected chi connectivity index (χ2v) is 9.14. The van der Waals surface area contributed by atoms with E-state index in [2.05, 4.69) is 20.3 Å². The number of imidazole rings is 1. The second-order valence-electron chi connectivity index (χ2n) is 9.14. The van der Waals surface area contributed by atoms with Crippen LogP contribution in [-0.4, -0.2) is 69.4 Å². The topological polar surface area (TPSA) is 93.9 Å². The number of carbonyl (C=O) groups excluding carboxylic acids is 1. The van der Waals surface area contributed by atoms with Gasteiger partial charge in [0.15, 0.2) is 11.7 Å². The van der Waals surface area contributed by atoms with Gasteiger partial charge in [-0.2, -0.15) is 26.3 Å². The molecule has 0 aromatic carbocycles. The molecule has 0 spiro atoms. The molecule has 3 aromatic heterocycles. The molecule has 1 N–H and O–H groups in total. The summed E-state index contributed by atoms with van der Waals surface area (Å²) in [6, 6.07) is -3.00. The lowest BCUT2D eigenvalue weighted by Gasteiger charge is -2.39. The lowest BCUT2D eigenvalue weighted by Crippen LogP contribution is -2.53. The van der Waals surface area contributed by atoms with E-state index < -0.39 is 48.5 Å². The molecule has 0 unspecified atom stereocenters. The molecule has 1 aliphatic carbocycles. The summed E-state index contributed by atoms with van der Waals surface area (Å²) in [7, 11) is 2.70. The third-order valence-corrected chi connectivity index (χ3v) is 6.51. The molecule has 0 saturated heterocycles. The van der Waals surface area contributed by atoms with E-state index in [1.165, 1.54) is 33.5 Å². The molecule has 15 heteroatoms. The third kappa shape index (κ3) is 6.11. The Bertz CT molecular complexity index is 1320. The van der Waals surface area contributed by atoms with Gasteiger partial charge in [-0.3, -0.25) is 4.98 Å². The number of fused-ring (bicyclic) bond motifs is 1. The molecule has 9 nitrogen and oxygen atoms in total. The number of halogens is 6. The van der Waals surface area contributed by atoms with Crippen molar-refractivity contribution >= 4 is 11.7 Å². The first-order chi connectivity index (χ1) is 18.3. The molecular weight excluding hydrogens is 534 g/mol. The Morgan fingerprint density at radius 3 is 2.49 bits per heavy atom. The van der Waals surface area contributed by atoms with Crippen molar-refractivity contribution in [1.82, 2.24) is 29.6 Å². The molecule has 0 aliphatic heterocycles. The number of pyridine rings is 1. The van der Waals surface area contributed by atoms with E-state index in [1.807, 2.05) is 0 Å². The van der Waals surface area contributed by atoms with Gasteiger partial charge in [-0.1, -0.05) is 0 Å². The van der Waals surface area contributed by atoms with E-state index in [9.17, 15) is 31.1 Å². The predicted molar refractivity (Wildman–Crippen MR) is 126 cm³/mol. The van der Waals surface area contributed by atoms with Crippen molar-refractivity contribution < 1.29 is 40.6 Å². The number of amides is 2. The van der Waals surface area contributed by atoms with Crippen LogP contribution in [0.3, 0.4) is 0 Å². The van der Waals surface area contributed by atoms with E-state index in [0.717, 1.165) is 12.3 Å². The molecule has 212 valence electrons. The number of hydrogen-bond donors (Lipinski definition) is 1. The zero-order valence-electron chi connectivity index (χ0n) is 21.2. The summed E-state index contributed by atoms with van der Waals surface area (Å²) in [6.45, 7) is 1.03. The Balaban J connectivity index is 1.65. The molecule has 0 radical (unpaired) electrons. The van der Waals surface area contributed by atoms with Crippen LogP contribution in [0, 0.1) is 5.92 Å². The van der Waals surface area contributed by atoms with Crippen LogP contribution in [0.5, 0.6) is 11.6 Å². The number of nitrogens with zero attached hydrogens (tertiary/aromatic N) is 5. The summed E-state index contributed by atoms with van der Waals surface area (Å²) in [5, 5.41) is 2.43. The van der Waals surface area contributed by atoms with E-state index in [0.29, 0.717) is 10.5 Å². The highest BCUT2D eigenvalue weighted by Gasteiger charge is 2.48. The van der Waals surface area contributed by atoms with Gasteiger partial charge in [0.1, 0.15) is 5.75 Å². The van der Waals surface area contributed by atoms with Gasteiger partial charge in [0.25, 0.3) is 5.88 Å². The molecule has 4 rings (SSSR count). The van der Waals surface area contributed by atoms with Gasteiger partial charge in [0.05, 0.1) is 31.8 Å². The number of alkyl halides is 6. The van der Waals surface area contributed by atoms with Crippen molar-refractivity contribution in [1.29, 1.82) is 0 Å². The first-order valence-electron chi connectivity index (χ1n) is 12.0. The standard InChI is InChI=1S/C24H26F6N6O3/c1-4-36(22(37)33-14-7-13(8-14)10-23(25,26)27)19(24(28,29)30)16-9-15(18(38-2)11-32-16)17-12-35-6-5-31-20(35)21(34-17)39-3/h5-6,9,11-14,19H,4,7-8,10H2,1-3H3,(H,33,37)/t13?,14?,19-/m0/s1. The van der Waals surface area contributed by atoms with Crippen molar-refractivity contribution in [2.24, 2.45) is 5.92 Å². The lowest BCUT2D eigenvalue weighted by atomic mass is 9.78. The van der Waals surface area contributed by atoms with E-state index in [-0.39, 0.29) is 42.3 Å². The van der Waals surface area contributed by atoms with Crippen molar-refractivity contribution in [3.8, 4) is 22.9 Å². The minimum Gasteiger partial charge on any atom is -0.494 e. The molecule has 0 bridgehead atoms. The average Bonchev–Trinajstić information content (AvgIpc) is 3.32. The summed E-state index contributed by atoms with van der Waals surface area (Å²) in [4.78, 5) is 25.9. The Kier molecular flexibility index (Phi) is 7.80. The van der Waals surface area contributed by atoms with Gasteiger partial charge in [0.2, 0.25) is 0 Å². The monoisotopic (exact) mass is 560 g/mol. The van der Waals surface area contributed by atoms with Crippen LogP contribution in [0.15, 0.2) is 30.9 Å². The maximum absolute atomic E-state index is 14.4. The molecule has 1 atom stereocenters. The fourth-order valence-electron chi connectivity index (χ4n) is 4.69. The van der Waals surface area contributed by atoms with Crippen molar-refractivity contribution in [2.75, 3.05) is 20.8 Å². The van der Waals surface area contributed by atoms with Gasteiger partial charge in [0, 0.05) is 43.2 Å². The average molecular weight is 560 g/mol. The van der Waals surface area contributed by atoms with Crippen molar-refractivity contribution in [2.45, 2.75) is 50.6 Å². The van der Waals surface area contributed by atoms with Crippen molar-refractivity contribution in [3.63, 3.8) is 0 Å². The number of methoxy groups -OCH3 is 2. The van der Waals surface area contributed by atoms with Gasteiger partial charge >= 0.3 is 18.4 Å². The molecule has 1 saturated carbocycles. The maximum atomic E-state index is 14.4. The van der Waals surface area contributed by atoms with Gasteiger partial charge in [-0.25, -0.2) is 14.8 Å². The van der Waals surface area contributed by atoms with Crippen molar-refractivity contribution in [3.05, 3.63) is 36.5 Å². The van der Waals surface area contributed by atoms with Crippen LogP contribution >= 0.6 is 0 Å². The Labute approximate surface area is 219 Å². The van der Waals surface area contributed by atoms with Gasteiger partial charge < -0.3 is 24.1 Å². The fourth-order valence-corrected chi connectivity index (χ4v) is 4.69. The largest absolute Gasteiger partial charge is 0.494 e. The van der Waals surface area contributed by atoms with Crippen LogP contribution < -0.4 is 14.8 Å². The summed E-state index contributed by atoms with van der Waals surface area (Å²) < 4.78 is 93.2. The normalized spacial score (nSPS) is 18.4. The summed E-state index contributed by atoms with van der Waals surface area (Å²) >= 11 is 0. The number of ether oxygens (including phenoxy) is 2. The molecule has 1 aliphatic rings. The van der Waals surface area contributed by atoms with Crippen LogP contribution in [0.2, 0.25) is 0 Å².